The fraction of sp³-hybridized carbons (Fsp3) is 0.318. The molecule has 1 aliphatic heterocycles. The summed E-state index contributed by atoms with van der Waals surface area (Å²) in [6.45, 7) is 1.27. The molecule has 152 valence electrons. The van der Waals surface area contributed by atoms with Crippen LogP contribution in [0.1, 0.15) is 23.7 Å². The zero-order valence-electron chi connectivity index (χ0n) is 16.9. The number of methoxy groups -OCH3 is 1. The van der Waals surface area contributed by atoms with Gasteiger partial charge in [0.05, 0.1) is 39.0 Å². The van der Waals surface area contributed by atoms with Gasteiger partial charge in [0, 0.05) is 24.7 Å². The van der Waals surface area contributed by atoms with Gasteiger partial charge in [-0.05, 0) is 36.4 Å². The van der Waals surface area contributed by atoms with Gasteiger partial charge in [-0.25, -0.2) is 0 Å². The number of Topliss-reactive ketones (excluding diaryl/α,β-unsaturated/α-hetero) is 1. The number of quaternary nitrogens is 1. The first-order valence-corrected chi connectivity index (χ1v) is 9.57. The number of likely N-dealkylation sites (tertiary alicyclic amines) is 1. The number of aliphatic hydroxyl groups excluding tert-OH is 1. The van der Waals surface area contributed by atoms with Gasteiger partial charge in [0.25, 0.3) is 11.7 Å². The van der Waals surface area contributed by atoms with E-state index in [4.69, 9.17) is 4.74 Å². The molecule has 0 radical (unpaired) electrons. The Morgan fingerprint density at radius 1 is 1.17 bits per heavy atom. The monoisotopic (exact) mass is 396 g/mol. The lowest BCUT2D eigenvalue weighted by Crippen LogP contribution is -3.05. The van der Waals surface area contributed by atoms with Crippen LogP contribution in [-0.2, 0) is 9.59 Å². The maximum Gasteiger partial charge on any atom is 0.295 e. The molecule has 2 N–H and O–H groups in total. The number of aromatic nitrogens is 1. The summed E-state index contributed by atoms with van der Waals surface area (Å²) >= 11 is 0. The molecule has 7 nitrogen and oxygen atoms in total. The quantitative estimate of drug-likeness (QED) is 0.415. The van der Waals surface area contributed by atoms with Crippen LogP contribution in [0.3, 0.4) is 0 Å². The Balaban J connectivity index is 2.05. The van der Waals surface area contributed by atoms with E-state index in [1.807, 2.05) is 14.1 Å². The molecule has 0 aliphatic carbocycles. The molecule has 2 heterocycles. The number of rotatable bonds is 7. The molecule has 1 aliphatic rings. The molecule has 29 heavy (non-hydrogen) atoms. The van der Waals surface area contributed by atoms with Crippen molar-refractivity contribution < 1.29 is 24.3 Å². The number of benzene rings is 1. The van der Waals surface area contributed by atoms with E-state index in [2.05, 4.69) is 4.98 Å². The molecule has 2 aromatic rings. The maximum atomic E-state index is 12.9. The van der Waals surface area contributed by atoms with Gasteiger partial charge >= 0.3 is 0 Å². The van der Waals surface area contributed by atoms with E-state index in [0.717, 1.165) is 13.0 Å². The van der Waals surface area contributed by atoms with Crippen molar-refractivity contribution in [2.75, 3.05) is 34.3 Å². The first-order valence-electron chi connectivity index (χ1n) is 9.57. The highest BCUT2D eigenvalue weighted by molar-refractivity contribution is 6.46. The molecule has 3 rings (SSSR count). The number of carbonyl (C=O) groups excluding carboxylic acids is 2. The lowest BCUT2D eigenvalue weighted by atomic mass is 9.98. The van der Waals surface area contributed by atoms with Crippen LogP contribution >= 0.6 is 0 Å². The highest BCUT2D eigenvalue weighted by atomic mass is 16.5. The van der Waals surface area contributed by atoms with Crippen LogP contribution in [0.2, 0.25) is 0 Å². The van der Waals surface area contributed by atoms with Gasteiger partial charge in [0.15, 0.2) is 0 Å². The Kier molecular flexibility index (Phi) is 6.29. The molecule has 0 spiro atoms. The van der Waals surface area contributed by atoms with Crippen LogP contribution in [0, 0.1) is 0 Å². The van der Waals surface area contributed by atoms with Crippen molar-refractivity contribution in [1.82, 2.24) is 9.88 Å². The number of amides is 1. The van der Waals surface area contributed by atoms with E-state index >= 15 is 0 Å². The van der Waals surface area contributed by atoms with Crippen molar-refractivity contribution in [3.8, 4) is 5.75 Å². The van der Waals surface area contributed by atoms with Gasteiger partial charge < -0.3 is 19.6 Å². The van der Waals surface area contributed by atoms with Crippen LogP contribution in [0.25, 0.3) is 5.76 Å². The summed E-state index contributed by atoms with van der Waals surface area (Å²) in [5, 5.41) is 10.9. The summed E-state index contributed by atoms with van der Waals surface area (Å²) < 4.78 is 5.14. The van der Waals surface area contributed by atoms with Crippen LogP contribution in [0.15, 0.2) is 54.2 Å². The molecule has 0 saturated carbocycles. The summed E-state index contributed by atoms with van der Waals surface area (Å²) in [7, 11) is 5.62. The van der Waals surface area contributed by atoms with Gasteiger partial charge in [0.1, 0.15) is 17.6 Å². The van der Waals surface area contributed by atoms with Crippen molar-refractivity contribution in [3.63, 3.8) is 0 Å². The maximum absolute atomic E-state index is 12.9. The van der Waals surface area contributed by atoms with Crippen molar-refractivity contribution in [3.05, 3.63) is 65.5 Å². The number of hydrogen-bond donors (Lipinski definition) is 2. The standard InChI is InChI=1S/C22H25N3O4/c1-24(2)13-6-14-25-19(17-7-4-5-12-23-17)18(21(27)22(25)28)20(26)15-8-10-16(29-3)11-9-15/h4-5,7-12,19,26H,6,13-14H2,1-3H3/p+1/t19-/m1/s1. The SMILES string of the molecule is COc1ccc(C(O)=C2C(=O)C(=O)N(CCC[NH+](C)C)[C@@H]2c2ccccn2)cc1. The lowest BCUT2D eigenvalue weighted by Gasteiger charge is -2.24. The minimum absolute atomic E-state index is 0.0658. The normalized spacial score (nSPS) is 18.5. The second-order valence-corrected chi connectivity index (χ2v) is 7.29. The van der Waals surface area contributed by atoms with E-state index in [1.54, 1.807) is 55.8 Å². The number of nitrogens with zero attached hydrogens (tertiary/aromatic N) is 2. The Bertz CT molecular complexity index is 907. The first-order chi connectivity index (χ1) is 13.9. The highest BCUT2D eigenvalue weighted by Gasteiger charge is 2.46. The molecule has 1 aromatic carbocycles. The second-order valence-electron chi connectivity index (χ2n) is 7.29. The number of nitrogens with one attached hydrogen (secondary N) is 1. The van der Waals surface area contributed by atoms with E-state index in [-0.39, 0.29) is 11.3 Å². The second kappa shape index (κ2) is 8.87. The van der Waals surface area contributed by atoms with Gasteiger partial charge in [-0.2, -0.15) is 0 Å². The average molecular weight is 396 g/mol. The lowest BCUT2D eigenvalue weighted by molar-refractivity contribution is -0.858. The molecule has 1 aromatic heterocycles. The summed E-state index contributed by atoms with van der Waals surface area (Å²) in [5.74, 6) is -0.868. The van der Waals surface area contributed by atoms with Crippen LogP contribution in [-0.4, -0.2) is 61.0 Å². The molecular formula is C22H26N3O4+. The molecule has 1 amide bonds. The molecule has 0 bridgehead atoms. The van der Waals surface area contributed by atoms with Crippen molar-refractivity contribution in [2.45, 2.75) is 12.5 Å². The van der Waals surface area contributed by atoms with E-state index in [0.29, 0.717) is 23.6 Å². The number of ether oxygens (including phenoxy) is 1. The Morgan fingerprint density at radius 2 is 1.90 bits per heavy atom. The number of pyridine rings is 1. The molecule has 1 saturated heterocycles. The largest absolute Gasteiger partial charge is 0.507 e. The van der Waals surface area contributed by atoms with Gasteiger partial charge in [-0.3, -0.25) is 14.6 Å². The highest BCUT2D eigenvalue weighted by Crippen LogP contribution is 2.38. The van der Waals surface area contributed by atoms with Crippen LogP contribution < -0.4 is 9.64 Å². The molecule has 1 fully saturated rings. The molecular weight excluding hydrogens is 370 g/mol. The number of ketones is 1. The molecule has 0 unspecified atom stereocenters. The fourth-order valence-corrected chi connectivity index (χ4v) is 3.46. The summed E-state index contributed by atoms with van der Waals surface area (Å²) in [6.07, 6.45) is 2.36. The first kappa shape index (κ1) is 20.5. The zero-order valence-corrected chi connectivity index (χ0v) is 16.9. The number of aliphatic hydroxyl groups is 1. The topological polar surface area (TPSA) is 84.2 Å². The third kappa shape index (κ3) is 4.30. The smallest absolute Gasteiger partial charge is 0.295 e. The molecule has 7 heteroatoms. The third-order valence-electron chi connectivity index (χ3n) is 4.95. The van der Waals surface area contributed by atoms with Gasteiger partial charge in [0.2, 0.25) is 0 Å². The zero-order chi connectivity index (χ0) is 21.0. The van der Waals surface area contributed by atoms with Gasteiger partial charge in [-0.15, -0.1) is 0 Å². The Hall–Kier alpha value is -3.19. The minimum Gasteiger partial charge on any atom is -0.507 e. The van der Waals surface area contributed by atoms with Crippen LogP contribution in [0.4, 0.5) is 0 Å². The van der Waals surface area contributed by atoms with E-state index in [9.17, 15) is 14.7 Å². The summed E-state index contributed by atoms with van der Waals surface area (Å²) in [6, 6.07) is 11.3. The number of carbonyl (C=O) groups is 2. The summed E-state index contributed by atoms with van der Waals surface area (Å²) in [5.41, 5.74) is 1.07. The van der Waals surface area contributed by atoms with Crippen molar-refractivity contribution >= 4 is 17.4 Å². The Labute approximate surface area is 170 Å². The van der Waals surface area contributed by atoms with E-state index < -0.39 is 17.7 Å². The molecule has 1 atom stereocenters. The Morgan fingerprint density at radius 3 is 2.48 bits per heavy atom. The third-order valence-corrected chi connectivity index (χ3v) is 4.95. The van der Waals surface area contributed by atoms with Crippen molar-refractivity contribution in [2.24, 2.45) is 0 Å². The van der Waals surface area contributed by atoms with E-state index in [1.165, 1.54) is 9.80 Å². The van der Waals surface area contributed by atoms with Crippen molar-refractivity contribution in [1.29, 1.82) is 0 Å². The summed E-state index contributed by atoms with van der Waals surface area (Å²) in [4.78, 5) is 32.8. The average Bonchev–Trinajstić information content (AvgIpc) is 2.98. The predicted octanol–water partition coefficient (Wildman–Crippen LogP) is 1.05. The predicted molar refractivity (Wildman–Crippen MR) is 109 cm³/mol. The number of hydrogen-bond acceptors (Lipinski definition) is 5. The van der Waals surface area contributed by atoms with Gasteiger partial charge in [-0.1, -0.05) is 6.07 Å². The van der Waals surface area contributed by atoms with Crippen LogP contribution in [0.5, 0.6) is 5.75 Å². The fourth-order valence-electron chi connectivity index (χ4n) is 3.46. The minimum atomic E-state index is -0.713.